The van der Waals surface area contributed by atoms with E-state index in [1.165, 1.54) is 23.1 Å². The summed E-state index contributed by atoms with van der Waals surface area (Å²) in [5, 5.41) is 2.39. The number of amides is 2. The van der Waals surface area contributed by atoms with E-state index in [4.69, 9.17) is 0 Å². The van der Waals surface area contributed by atoms with Crippen LogP contribution in [-0.4, -0.2) is 47.0 Å². The zero-order chi connectivity index (χ0) is 18.6. The van der Waals surface area contributed by atoms with Gasteiger partial charge in [-0.3, -0.25) is 9.88 Å². The standard InChI is InChI=1S/C18H19F3N4O/c19-18(20,21)15-3-1-2-4-16(15)23-17(26)25-11-9-24(10-12-25)13-14-5-7-22-8-6-14/h1-8H,9-13H2,(H,23,26). The van der Waals surface area contributed by atoms with E-state index in [0.717, 1.165) is 18.2 Å². The largest absolute Gasteiger partial charge is 0.418 e. The Labute approximate surface area is 149 Å². The van der Waals surface area contributed by atoms with E-state index in [0.29, 0.717) is 26.2 Å². The summed E-state index contributed by atoms with van der Waals surface area (Å²) < 4.78 is 39.1. The third-order valence-electron chi connectivity index (χ3n) is 4.29. The average molecular weight is 364 g/mol. The minimum Gasteiger partial charge on any atom is -0.322 e. The molecule has 1 aliphatic heterocycles. The first kappa shape index (κ1) is 18.2. The second-order valence-corrected chi connectivity index (χ2v) is 6.09. The lowest BCUT2D eigenvalue weighted by atomic mass is 10.1. The Morgan fingerprint density at radius 1 is 1.04 bits per heavy atom. The lowest BCUT2D eigenvalue weighted by molar-refractivity contribution is -0.136. The zero-order valence-corrected chi connectivity index (χ0v) is 14.0. The summed E-state index contributed by atoms with van der Waals surface area (Å²) in [7, 11) is 0. The van der Waals surface area contributed by atoms with Crippen molar-refractivity contribution in [2.24, 2.45) is 0 Å². The summed E-state index contributed by atoms with van der Waals surface area (Å²) in [5.41, 5.74) is 0.0749. The van der Waals surface area contributed by atoms with E-state index < -0.39 is 17.8 Å². The number of halogens is 3. The molecular formula is C18H19F3N4O. The topological polar surface area (TPSA) is 48.5 Å². The van der Waals surface area contributed by atoms with Gasteiger partial charge in [0.15, 0.2) is 0 Å². The van der Waals surface area contributed by atoms with E-state index in [9.17, 15) is 18.0 Å². The fourth-order valence-electron chi connectivity index (χ4n) is 2.89. The molecule has 1 aromatic heterocycles. The average Bonchev–Trinajstić information content (AvgIpc) is 2.63. The maximum absolute atomic E-state index is 13.0. The Balaban J connectivity index is 1.56. The van der Waals surface area contributed by atoms with Gasteiger partial charge in [-0.2, -0.15) is 13.2 Å². The van der Waals surface area contributed by atoms with Crippen molar-refractivity contribution < 1.29 is 18.0 Å². The molecule has 3 rings (SSSR count). The number of hydrogen-bond acceptors (Lipinski definition) is 3. The third-order valence-corrected chi connectivity index (χ3v) is 4.29. The van der Waals surface area contributed by atoms with Gasteiger partial charge in [-0.25, -0.2) is 4.79 Å². The second-order valence-electron chi connectivity index (χ2n) is 6.09. The van der Waals surface area contributed by atoms with Crippen LogP contribution in [0.15, 0.2) is 48.8 Å². The quantitative estimate of drug-likeness (QED) is 0.908. The number of hydrogen-bond donors (Lipinski definition) is 1. The highest BCUT2D eigenvalue weighted by molar-refractivity contribution is 5.90. The van der Waals surface area contributed by atoms with Crippen LogP contribution in [0.25, 0.3) is 0 Å². The number of carbonyl (C=O) groups excluding carboxylic acids is 1. The van der Waals surface area contributed by atoms with Crippen molar-refractivity contribution in [3.8, 4) is 0 Å². The highest BCUT2D eigenvalue weighted by Crippen LogP contribution is 2.34. The number of nitrogens with zero attached hydrogens (tertiary/aromatic N) is 3. The molecule has 5 nitrogen and oxygen atoms in total. The first-order valence-corrected chi connectivity index (χ1v) is 8.27. The number of aromatic nitrogens is 1. The highest BCUT2D eigenvalue weighted by atomic mass is 19.4. The number of piperazine rings is 1. The van der Waals surface area contributed by atoms with Gasteiger partial charge in [0.05, 0.1) is 11.3 Å². The minimum absolute atomic E-state index is 0.218. The molecule has 1 aliphatic rings. The van der Waals surface area contributed by atoms with Crippen LogP contribution in [-0.2, 0) is 12.7 Å². The van der Waals surface area contributed by atoms with Crippen LogP contribution < -0.4 is 5.32 Å². The van der Waals surface area contributed by atoms with Crippen LogP contribution in [0.4, 0.5) is 23.7 Å². The molecule has 1 fully saturated rings. The second kappa shape index (κ2) is 7.74. The van der Waals surface area contributed by atoms with Gasteiger partial charge >= 0.3 is 12.2 Å². The SMILES string of the molecule is O=C(Nc1ccccc1C(F)(F)F)N1CCN(Cc2ccncc2)CC1. The predicted octanol–water partition coefficient (Wildman–Crippen LogP) is 3.45. The number of urea groups is 1. The van der Waals surface area contributed by atoms with Crippen molar-refractivity contribution in [2.75, 3.05) is 31.5 Å². The molecule has 2 aromatic rings. The van der Waals surface area contributed by atoms with Gasteiger partial charge < -0.3 is 10.2 Å². The normalized spacial score (nSPS) is 15.7. The fraction of sp³-hybridized carbons (Fsp3) is 0.333. The molecule has 0 aliphatic carbocycles. The highest BCUT2D eigenvalue weighted by Gasteiger charge is 2.34. The molecule has 8 heteroatoms. The first-order chi connectivity index (χ1) is 12.4. The van der Waals surface area contributed by atoms with Gasteiger partial charge in [-0.1, -0.05) is 12.1 Å². The number of nitrogens with one attached hydrogen (secondary N) is 1. The zero-order valence-electron chi connectivity index (χ0n) is 14.0. The van der Waals surface area contributed by atoms with Crippen LogP contribution in [0.5, 0.6) is 0 Å². The molecule has 0 radical (unpaired) electrons. The molecule has 1 saturated heterocycles. The maximum Gasteiger partial charge on any atom is 0.418 e. The molecule has 1 N–H and O–H groups in total. The number of benzene rings is 1. The van der Waals surface area contributed by atoms with Gasteiger partial charge in [0.25, 0.3) is 0 Å². The van der Waals surface area contributed by atoms with Gasteiger partial charge in [-0.05, 0) is 29.8 Å². The first-order valence-electron chi connectivity index (χ1n) is 8.27. The summed E-state index contributed by atoms with van der Waals surface area (Å²) in [6.45, 7) is 3.01. The Morgan fingerprint density at radius 3 is 2.35 bits per heavy atom. The van der Waals surface area contributed by atoms with Crippen molar-refractivity contribution >= 4 is 11.7 Å². The smallest absolute Gasteiger partial charge is 0.322 e. The minimum atomic E-state index is -4.51. The number of pyridine rings is 1. The molecule has 0 bridgehead atoms. The molecule has 0 unspecified atom stereocenters. The summed E-state index contributed by atoms with van der Waals surface area (Å²) in [5.74, 6) is 0. The lowest BCUT2D eigenvalue weighted by Crippen LogP contribution is -2.49. The van der Waals surface area contributed by atoms with Crippen LogP contribution in [0, 0.1) is 0 Å². The van der Waals surface area contributed by atoms with Crippen molar-refractivity contribution in [1.29, 1.82) is 0 Å². The van der Waals surface area contributed by atoms with E-state index in [-0.39, 0.29) is 5.69 Å². The Kier molecular flexibility index (Phi) is 5.41. The maximum atomic E-state index is 13.0. The van der Waals surface area contributed by atoms with Crippen LogP contribution >= 0.6 is 0 Å². The number of rotatable bonds is 3. The van der Waals surface area contributed by atoms with Gasteiger partial charge in [-0.15, -0.1) is 0 Å². The lowest BCUT2D eigenvalue weighted by Gasteiger charge is -2.34. The van der Waals surface area contributed by atoms with E-state index >= 15 is 0 Å². The Hall–Kier alpha value is -2.61. The fourth-order valence-corrected chi connectivity index (χ4v) is 2.89. The molecule has 0 atom stereocenters. The summed E-state index contributed by atoms with van der Waals surface area (Å²) in [4.78, 5) is 20.0. The van der Waals surface area contributed by atoms with Crippen molar-refractivity contribution in [1.82, 2.24) is 14.8 Å². The Morgan fingerprint density at radius 2 is 1.69 bits per heavy atom. The summed E-state index contributed by atoms with van der Waals surface area (Å²) in [6, 6.07) is 8.36. The molecular weight excluding hydrogens is 345 g/mol. The summed E-state index contributed by atoms with van der Waals surface area (Å²) >= 11 is 0. The molecule has 0 spiro atoms. The molecule has 0 saturated carbocycles. The number of carbonyl (C=O) groups is 1. The molecule has 138 valence electrons. The van der Waals surface area contributed by atoms with Gasteiger partial charge in [0, 0.05) is 45.1 Å². The van der Waals surface area contributed by atoms with Crippen LogP contribution in [0.2, 0.25) is 0 Å². The van der Waals surface area contributed by atoms with E-state index in [1.54, 1.807) is 12.4 Å². The molecule has 1 aromatic carbocycles. The Bertz CT molecular complexity index is 744. The van der Waals surface area contributed by atoms with Gasteiger partial charge in [0.1, 0.15) is 0 Å². The van der Waals surface area contributed by atoms with E-state index in [2.05, 4.69) is 15.2 Å². The third kappa shape index (κ3) is 4.51. The molecule has 26 heavy (non-hydrogen) atoms. The monoisotopic (exact) mass is 364 g/mol. The van der Waals surface area contributed by atoms with E-state index in [1.807, 2.05) is 12.1 Å². The summed E-state index contributed by atoms with van der Waals surface area (Å²) in [6.07, 6.45) is -1.04. The predicted molar refractivity (Wildman–Crippen MR) is 91.5 cm³/mol. The number of anilines is 1. The van der Waals surface area contributed by atoms with Crippen molar-refractivity contribution in [2.45, 2.75) is 12.7 Å². The van der Waals surface area contributed by atoms with Crippen LogP contribution in [0.1, 0.15) is 11.1 Å². The number of alkyl halides is 3. The number of para-hydroxylation sites is 1. The van der Waals surface area contributed by atoms with Crippen molar-refractivity contribution in [3.05, 3.63) is 59.9 Å². The molecule has 2 heterocycles. The van der Waals surface area contributed by atoms with Crippen molar-refractivity contribution in [3.63, 3.8) is 0 Å². The van der Waals surface area contributed by atoms with Crippen LogP contribution in [0.3, 0.4) is 0 Å². The van der Waals surface area contributed by atoms with Gasteiger partial charge in [0.2, 0.25) is 0 Å². The molecule has 2 amide bonds.